The molecule has 2 N–H and O–H groups in total. The summed E-state index contributed by atoms with van der Waals surface area (Å²) in [5.74, 6) is 0.343. The average Bonchev–Trinajstić information content (AvgIpc) is 2.47. The van der Waals surface area contributed by atoms with Crippen LogP contribution in [0, 0.1) is 0 Å². The number of anilines is 1. The van der Waals surface area contributed by atoms with Gasteiger partial charge in [0, 0.05) is 18.8 Å². The quantitative estimate of drug-likeness (QED) is 0.754. The molecule has 21 heavy (non-hydrogen) atoms. The van der Waals surface area contributed by atoms with Gasteiger partial charge in [0.15, 0.2) is 0 Å². The summed E-state index contributed by atoms with van der Waals surface area (Å²) < 4.78 is 10.0. The topological polar surface area (TPSA) is 76.7 Å². The Kier molecular flexibility index (Phi) is 7.71. The minimum absolute atomic E-state index is 0.343. The van der Waals surface area contributed by atoms with E-state index in [9.17, 15) is 9.59 Å². The summed E-state index contributed by atoms with van der Waals surface area (Å²) in [4.78, 5) is 22.7. The van der Waals surface area contributed by atoms with Crippen LogP contribution in [0.15, 0.2) is 24.3 Å². The van der Waals surface area contributed by atoms with Crippen LogP contribution in [-0.4, -0.2) is 25.8 Å². The fourth-order valence-corrected chi connectivity index (χ4v) is 1.64. The molecule has 0 radical (unpaired) electrons. The third-order valence-electron chi connectivity index (χ3n) is 2.73. The molecule has 1 rings (SSSR count). The van der Waals surface area contributed by atoms with E-state index in [-0.39, 0.29) is 0 Å². The molecule has 0 saturated heterocycles. The van der Waals surface area contributed by atoms with Gasteiger partial charge < -0.3 is 14.8 Å². The van der Waals surface area contributed by atoms with Crippen molar-refractivity contribution in [3.05, 3.63) is 24.3 Å². The van der Waals surface area contributed by atoms with Gasteiger partial charge in [-0.2, -0.15) is 0 Å². The molecule has 0 heterocycles. The molecule has 0 aliphatic carbocycles. The number of ether oxygens (including phenoxy) is 2. The molecule has 0 aromatic heterocycles. The van der Waals surface area contributed by atoms with Crippen molar-refractivity contribution >= 4 is 17.9 Å². The maximum absolute atomic E-state index is 11.6. The van der Waals surface area contributed by atoms with Crippen LogP contribution >= 0.6 is 0 Å². The Labute approximate surface area is 124 Å². The van der Waals surface area contributed by atoms with E-state index in [4.69, 9.17) is 9.47 Å². The van der Waals surface area contributed by atoms with Crippen molar-refractivity contribution in [1.82, 2.24) is 5.32 Å². The van der Waals surface area contributed by atoms with Crippen LogP contribution < -0.4 is 15.4 Å². The lowest BCUT2D eigenvalue weighted by Crippen LogP contribution is -2.22. The molecule has 2 amide bonds. The van der Waals surface area contributed by atoms with Crippen LogP contribution in [0.25, 0.3) is 0 Å². The van der Waals surface area contributed by atoms with Crippen LogP contribution in [0.5, 0.6) is 5.75 Å². The Bertz CT molecular complexity index is 463. The standard InChI is InChI=1S/C15H22N2O4/c1-3-4-5-6-10-20-15(19)17-12-8-7-9-13(11-12)21-14(18)16-2/h7-9,11H,3-6,10H2,1-2H3,(H,16,18)(H,17,19). The fourth-order valence-electron chi connectivity index (χ4n) is 1.64. The SMILES string of the molecule is CCCCCCOC(=O)Nc1cccc(OC(=O)NC)c1. The number of hydrogen-bond donors (Lipinski definition) is 2. The summed E-state index contributed by atoms with van der Waals surface area (Å²) in [6.45, 7) is 2.53. The molecule has 116 valence electrons. The molecule has 0 saturated carbocycles. The first-order valence-electron chi connectivity index (χ1n) is 7.09. The van der Waals surface area contributed by atoms with Crippen LogP contribution in [0.1, 0.15) is 32.6 Å². The highest BCUT2D eigenvalue weighted by Crippen LogP contribution is 2.17. The Balaban J connectivity index is 2.38. The van der Waals surface area contributed by atoms with Gasteiger partial charge in [-0.15, -0.1) is 0 Å². The second-order valence-electron chi connectivity index (χ2n) is 4.49. The lowest BCUT2D eigenvalue weighted by atomic mass is 10.2. The van der Waals surface area contributed by atoms with Crippen LogP contribution in [0.2, 0.25) is 0 Å². The molecule has 0 atom stereocenters. The number of benzene rings is 1. The minimum Gasteiger partial charge on any atom is -0.449 e. The first kappa shape index (κ1) is 16.8. The van der Waals surface area contributed by atoms with E-state index in [1.807, 2.05) is 0 Å². The first-order chi connectivity index (χ1) is 10.2. The van der Waals surface area contributed by atoms with Gasteiger partial charge in [0.25, 0.3) is 0 Å². The molecule has 0 unspecified atom stereocenters. The molecule has 6 nitrogen and oxygen atoms in total. The van der Waals surface area contributed by atoms with Gasteiger partial charge in [0.2, 0.25) is 0 Å². The Morgan fingerprint density at radius 3 is 2.67 bits per heavy atom. The molecular weight excluding hydrogens is 272 g/mol. The third-order valence-corrected chi connectivity index (χ3v) is 2.73. The van der Waals surface area contributed by atoms with Gasteiger partial charge in [-0.3, -0.25) is 5.32 Å². The van der Waals surface area contributed by atoms with Crippen LogP contribution in [0.3, 0.4) is 0 Å². The Hall–Kier alpha value is -2.24. The van der Waals surface area contributed by atoms with E-state index < -0.39 is 12.2 Å². The minimum atomic E-state index is -0.564. The Morgan fingerprint density at radius 2 is 1.95 bits per heavy atom. The second-order valence-corrected chi connectivity index (χ2v) is 4.49. The van der Waals surface area contributed by atoms with E-state index in [1.165, 1.54) is 7.05 Å². The summed E-state index contributed by atoms with van der Waals surface area (Å²) in [7, 11) is 1.47. The van der Waals surface area contributed by atoms with Gasteiger partial charge >= 0.3 is 12.2 Å². The molecular formula is C15H22N2O4. The molecule has 0 fully saturated rings. The van der Waals surface area contributed by atoms with Gasteiger partial charge in [0.05, 0.1) is 6.61 Å². The van der Waals surface area contributed by atoms with Crippen molar-refractivity contribution in [3.8, 4) is 5.75 Å². The van der Waals surface area contributed by atoms with Crippen molar-refractivity contribution < 1.29 is 19.1 Å². The molecule has 1 aromatic rings. The van der Waals surface area contributed by atoms with Gasteiger partial charge in [0.1, 0.15) is 5.75 Å². The van der Waals surface area contributed by atoms with Crippen molar-refractivity contribution in [3.63, 3.8) is 0 Å². The molecule has 0 bridgehead atoms. The number of carbonyl (C=O) groups excluding carboxylic acids is 2. The monoisotopic (exact) mass is 294 g/mol. The average molecular weight is 294 g/mol. The van der Waals surface area contributed by atoms with Gasteiger partial charge in [-0.25, -0.2) is 9.59 Å². The molecule has 0 spiro atoms. The van der Waals surface area contributed by atoms with E-state index in [0.29, 0.717) is 18.0 Å². The zero-order valence-electron chi connectivity index (χ0n) is 12.5. The van der Waals surface area contributed by atoms with Crippen molar-refractivity contribution in [1.29, 1.82) is 0 Å². The lowest BCUT2D eigenvalue weighted by Gasteiger charge is -2.08. The number of amides is 2. The van der Waals surface area contributed by atoms with Crippen LogP contribution in [-0.2, 0) is 4.74 Å². The summed E-state index contributed by atoms with van der Waals surface area (Å²) in [6, 6.07) is 6.54. The van der Waals surface area contributed by atoms with E-state index in [2.05, 4.69) is 17.6 Å². The summed E-state index contributed by atoms with van der Waals surface area (Å²) in [5, 5.41) is 4.94. The van der Waals surface area contributed by atoms with Gasteiger partial charge in [-0.1, -0.05) is 32.3 Å². The zero-order chi connectivity index (χ0) is 15.5. The number of hydrogen-bond acceptors (Lipinski definition) is 4. The normalized spacial score (nSPS) is 9.81. The maximum Gasteiger partial charge on any atom is 0.412 e. The number of unbranched alkanes of at least 4 members (excludes halogenated alkanes) is 3. The maximum atomic E-state index is 11.6. The number of nitrogens with one attached hydrogen (secondary N) is 2. The highest BCUT2D eigenvalue weighted by Gasteiger charge is 2.06. The second kappa shape index (κ2) is 9.63. The van der Waals surface area contributed by atoms with Crippen molar-refractivity contribution in [2.24, 2.45) is 0 Å². The largest absolute Gasteiger partial charge is 0.449 e. The smallest absolute Gasteiger partial charge is 0.412 e. The Morgan fingerprint density at radius 1 is 1.14 bits per heavy atom. The summed E-state index contributed by atoms with van der Waals surface area (Å²) >= 11 is 0. The summed E-state index contributed by atoms with van der Waals surface area (Å²) in [6.07, 6.45) is 3.13. The highest BCUT2D eigenvalue weighted by atomic mass is 16.6. The first-order valence-corrected chi connectivity index (χ1v) is 7.09. The molecule has 6 heteroatoms. The van der Waals surface area contributed by atoms with E-state index in [1.54, 1.807) is 24.3 Å². The van der Waals surface area contributed by atoms with Crippen LogP contribution in [0.4, 0.5) is 15.3 Å². The van der Waals surface area contributed by atoms with Crippen molar-refractivity contribution in [2.75, 3.05) is 19.0 Å². The fraction of sp³-hybridized carbons (Fsp3) is 0.467. The number of carbonyl (C=O) groups is 2. The predicted molar refractivity (Wildman–Crippen MR) is 80.6 cm³/mol. The van der Waals surface area contributed by atoms with Gasteiger partial charge in [-0.05, 0) is 18.6 Å². The molecule has 0 aliphatic heterocycles. The summed E-state index contributed by atoms with van der Waals surface area (Å²) in [5.41, 5.74) is 0.509. The number of rotatable bonds is 7. The highest BCUT2D eigenvalue weighted by molar-refractivity contribution is 5.85. The zero-order valence-corrected chi connectivity index (χ0v) is 12.5. The molecule has 1 aromatic carbocycles. The third kappa shape index (κ3) is 7.20. The lowest BCUT2D eigenvalue weighted by molar-refractivity contribution is 0.159. The van der Waals surface area contributed by atoms with E-state index in [0.717, 1.165) is 25.7 Å². The molecule has 0 aliphatic rings. The van der Waals surface area contributed by atoms with E-state index >= 15 is 0 Å². The predicted octanol–water partition coefficient (Wildman–Crippen LogP) is 3.53. The van der Waals surface area contributed by atoms with Crippen molar-refractivity contribution in [2.45, 2.75) is 32.6 Å².